The van der Waals surface area contributed by atoms with Crippen LogP contribution in [0.5, 0.6) is 0 Å². The predicted octanol–water partition coefficient (Wildman–Crippen LogP) is 1.00. The molecule has 0 aliphatic heterocycles. The highest BCUT2D eigenvalue weighted by Crippen LogP contribution is 2.27. The summed E-state index contributed by atoms with van der Waals surface area (Å²) in [6, 6.07) is 0.910. The molecule has 6 N–H and O–H groups in total. The monoisotopic (exact) mass is 349 g/mol. The number of nitrogens with two attached hydrogens (primary N) is 2. The number of hydrogen-bond acceptors (Lipinski definition) is 6. The van der Waals surface area contributed by atoms with E-state index in [0.717, 1.165) is 32.1 Å². The van der Waals surface area contributed by atoms with Crippen LogP contribution in [0.25, 0.3) is 0 Å². The van der Waals surface area contributed by atoms with Crippen molar-refractivity contribution >= 4 is 8.32 Å². The number of nitrogens with zero attached hydrogens (tertiary/aromatic N) is 1. The highest BCUT2D eigenvalue weighted by molar-refractivity contribution is 6.75. The maximum Gasteiger partial charge on any atom is 0.212 e. The molecule has 0 saturated carbocycles. The molecule has 7 heteroatoms. The van der Waals surface area contributed by atoms with Crippen LogP contribution in [0.3, 0.4) is 0 Å². The summed E-state index contributed by atoms with van der Waals surface area (Å²) in [4.78, 5) is 2.34. The lowest BCUT2D eigenvalue weighted by Crippen LogP contribution is -2.65. The van der Waals surface area contributed by atoms with E-state index < -0.39 is 20.1 Å². The fourth-order valence-corrected chi connectivity index (χ4v) is 5.44. The fourth-order valence-electron chi connectivity index (χ4n) is 2.53. The Labute approximate surface area is 143 Å². The summed E-state index contributed by atoms with van der Waals surface area (Å²) in [6.07, 6.45) is 0.872. The van der Waals surface area contributed by atoms with Crippen LogP contribution in [-0.2, 0) is 4.43 Å². The van der Waals surface area contributed by atoms with Gasteiger partial charge in [0.1, 0.15) is 0 Å². The number of aliphatic hydroxyl groups excluding tert-OH is 2. The van der Waals surface area contributed by atoms with Gasteiger partial charge in [-0.2, -0.15) is 0 Å². The van der Waals surface area contributed by atoms with Crippen LogP contribution in [0.4, 0.5) is 0 Å². The first kappa shape index (κ1) is 23.0. The molecular formula is C16H39N3O3Si. The molecule has 0 aliphatic carbocycles. The molecule has 0 amide bonds. The quantitative estimate of drug-likeness (QED) is 0.309. The molecule has 0 aromatic rings. The molecule has 140 valence electrons. The molecule has 0 aromatic carbocycles. The molecule has 6 nitrogen and oxygen atoms in total. The van der Waals surface area contributed by atoms with E-state index in [1.54, 1.807) is 0 Å². The van der Waals surface area contributed by atoms with E-state index in [4.69, 9.17) is 21.0 Å². The van der Waals surface area contributed by atoms with E-state index in [0.29, 0.717) is 6.42 Å². The van der Waals surface area contributed by atoms with E-state index in [1.807, 2.05) is 27.7 Å². The fraction of sp³-hybridized carbons (Fsp3) is 1.00. The average Bonchev–Trinajstić information content (AvgIpc) is 2.39. The zero-order chi connectivity index (χ0) is 18.3. The van der Waals surface area contributed by atoms with Crippen molar-refractivity contribution in [3.8, 4) is 0 Å². The van der Waals surface area contributed by atoms with Crippen LogP contribution in [0.15, 0.2) is 0 Å². The molecule has 0 aliphatic rings. The number of rotatable bonds is 12. The summed E-state index contributed by atoms with van der Waals surface area (Å²) in [5.74, 6) is 0. The van der Waals surface area contributed by atoms with E-state index >= 15 is 0 Å². The molecule has 0 rings (SSSR count). The van der Waals surface area contributed by atoms with Crippen molar-refractivity contribution in [2.24, 2.45) is 11.5 Å². The van der Waals surface area contributed by atoms with Crippen LogP contribution >= 0.6 is 0 Å². The summed E-state index contributed by atoms with van der Waals surface area (Å²) < 4.78 is 6.24. The zero-order valence-electron chi connectivity index (χ0n) is 15.9. The molecule has 0 fully saturated rings. The Morgan fingerprint density at radius 2 is 1.74 bits per heavy atom. The second-order valence-electron chi connectivity index (χ2n) is 7.82. The molecule has 23 heavy (non-hydrogen) atoms. The lowest BCUT2D eigenvalue weighted by molar-refractivity contribution is 0.0829. The molecule has 0 heterocycles. The number of aliphatic hydroxyl groups is 2. The van der Waals surface area contributed by atoms with Gasteiger partial charge in [-0.15, -0.1) is 0 Å². The maximum absolute atomic E-state index is 9.42. The highest BCUT2D eigenvalue weighted by atomic mass is 28.4. The van der Waals surface area contributed by atoms with Crippen molar-refractivity contribution in [3.63, 3.8) is 0 Å². The van der Waals surface area contributed by atoms with Crippen LogP contribution < -0.4 is 11.5 Å². The first-order chi connectivity index (χ1) is 10.3. The molecule has 2 atom stereocenters. The van der Waals surface area contributed by atoms with Crippen molar-refractivity contribution in [1.29, 1.82) is 0 Å². The van der Waals surface area contributed by atoms with Gasteiger partial charge in [0, 0.05) is 5.16 Å². The minimum atomic E-state index is -2.21. The first-order valence-electron chi connectivity index (χ1n) is 8.64. The van der Waals surface area contributed by atoms with Crippen LogP contribution in [-0.4, -0.2) is 66.7 Å². The van der Waals surface area contributed by atoms with Crippen molar-refractivity contribution in [2.45, 2.75) is 77.0 Å². The second-order valence-corrected chi connectivity index (χ2v) is 12.3. The highest BCUT2D eigenvalue weighted by Gasteiger charge is 2.45. The minimum absolute atomic E-state index is 0.169. The summed E-state index contributed by atoms with van der Waals surface area (Å²) >= 11 is 0. The molecular weight excluding hydrogens is 310 g/mol. The third kappa shape index (κ3) is 9.14. The van der Waals surface area contributed by atoms with Gasteiger partial charge >= 0.3 is 0 Å². The van der Waals surface area contributed by atoms with Gasteiger partial charge in [0.2, 0.25) is 8.32 Å². The van der Waals surface area contributed by atoms with Crippen molar-refractivity contribution in [1.82, 2.24) is 4.90 Å². The van der Waals surface area contributed by atoms with Gasteiger partial charge in [-0.3, -0.25) is 0 Å². The van der Waals surface area contributed by atoms with E-state index in [9.17, 15) is 5.11 Å². The van der Waals surface area contributed by atoms with Gasteiger partial charge < -0.3 is 31.0 Å². The third-order valence-electron chi connectivity index (χ3n) is 4.43. The molecule has 2 unspecified atom stereocenters. The standard InChI is InChI=1S/C16H39N3O3Si/c1-7-19(10-8-9-14(21)13-20)11-12-23(6,16(4,5)18)22-15(2,3)17/h14,20-21H,7-13,17-18H2,1-6H3. The normalized spacial score (nSPS) is 17.3. The zero-order valence-corrected chi connectivity index (χ0v) is 16.9. The summed E-state index contributed by atoms with van der Waals surface area (Å²) in [7, 11) is -2.21. The average molecular weight is 350 g/mol. The second kappa shape index (κ2) is 9.46. The van der Waals surface area contributed by atoms with Gasteiger partial charge in [0.25, 0.3) is 0 Å². The molecule has 0 aromatic heterocycles. The van der Waals surface area contributed by atoms with Gasteiger partial charge in [-0.05, 0) is 72.8 Å². The lowest BCUT2D eigenvalue weighted by Gasteiger charge is -2.44. The molecule has 0 bridgehead atoms. The Kier molecular flexibility index (Phi) is 9.45. The largest absolute Gasteiger partial charge is 0.398 e. The lowest BCUT2D eigenvalue weighted by atomic mass is 10.2. The van der Waals surface area contributed by atoms with Crippen LogP contribution in [0.2, 0.25) is 12.6 Å². The van der Waals surface area contributed by atoms with Gasteiger partial charge in [0.15, 0.2) is 0 Å². The number of hydrogen-bond donors (Lipinski definition) is 4. The Bertz CT molecular complexity index is 332. The van der Waals surface area contributed by atoms with Gasteiger partial charge in [0.05, 0.1) is 18.4 Å². The van der Waals surface area contributed by atoms with Crippen LogP contribution in [0, 0.1) is 0 Å². The maximum atomic E-state index is 9.42. The Hall–Kier alpha value is -0.0231. The molecule has 0 spiro atoms. The first-order valence-corrected chi connectivity index (χ1v) is 11.3. The van der Waals surface area contributed by atoms with E-state index in [2.05, 4.69) is 18.4 Å². The van der Waals surface area contributed by atoms with Crippen molar-refractivity contribution in [2.75, 3.05) is 26.2 Å². The third-order valence-corrected chi connectivity index (χ3v) is 9.31. The predicted molar refractivity (Wildman–Crippen MR) is 98.5 cm³/mol. The van der Waals surface area contributed by atoms with Crippen LogP contribution in [0.1, 0.15) is 47.5 Å². The van der Waals surface area contributed by atoms with E-state index in [1.165, 1.54) is 0 Å². The summed E-state index contributed by atoms with van der Waals surface area (Å²) in [6.45, 7) is 14.7. The molecule has 0 saturated heterocycles. The molecule has 0 radical (unpaired) electrons. The van der Waals surface area contributed by atoms with Gasteiger partial charge in [-0.25, -0.2) is 0 Å². The van der Waals surface area contributed by atoms with Gasteiger partial charge in [-0.1, -0.05) is 6.92 Å². The summed E-state index contributed by atoms with van der Waals surface area (Å²) in [5.41, 5.74) is 11.8. The topological polar surface area (TPSA) is 105 Å². The Balaban J connectivity index is 4.63. The van der Waals surface area contributed by atoms with E-state index in [-0.39, 0.29) is 11.8 Å². The van der Waals surface area contributed by atoms with Crippen molar-refractivity contribution in [3.05, 3.63) is 0 Å². The Morgan fingerprint density at radius 3 is 2.13 bits per heavy atom. The van der Waals surface area contributed by atoms with Crippen molar-refractivity contribution < 1.29 is 14.6 Å². The summed E-state index contributed by atoms with van der Waals surface area (Å²) in [5, 5.41) is 17.9. The minimum Gasteiger partial charge on any atom is -0.398 e. The SMILES string of the molecule is CCN(CCCC(O)CO)CC[Si](C)(OC(C)(C)N)C(C)(C)N. The smallest absolute Gasteiger partial charge is 0.212 e. The Morgan fingerprint density at radius 1 is 1.17 bits per heavy atom.